The number of para-hydroxylation sites is 2. The number of aryl methyl sites for hydroxylation is 1. The number of hydrogen-bond donors (Lipinski definition) is 1. The summed E-state index contributed by atoms with van der Waals surface area (Å²) in [4.78, 5) is 7.36. The van der Waals surface area contributed by atoms with E-state index >= 15 is 0 Å². The van der Waals surface area contributed by atoms with E-state index in [9.17, 15) is 5.26 Å². The first-order valence-electron chi connectivity index (χ1n) is 9.75. The summed E-state index contributed by atoms with van der Waals surface area (Å²) in [6.45, 7) is 1.86. The molecule has 136 valence electrons. The first-order valence-corrected chi connectivity index (χ1v) is 9.75. The van der Waals surface area contributed by atoms with E-state index in [1.54, 1.807) is 0 Å². The molecule has 5 heteroatoms. The summed E-state index contributed by atoms with van der Waals surface area (Å²) in [7, 11) is 0. The molecule has 5 rings (SSSR count). The Morgan fingerprint density at radius 3 is 2.89 bits per heavy atom. The van der Waals surface area contributed by atoms with Gasteiger partial charge >= 0.3 is 0 Å². The molecule has 2 aliphatic rings. The first-order chi connectivity index (χ1) is 13.2. The lowest BCUT2D eigenvalue weighted by atomic mass is 10.0. The zero-order valence-corrected chi connectivity index (χ0v) is 15.3. The topological polar surface area (TPSA) is 70.9 Å². The molecule has 2 aromatic carbocycles. The normalized spacial score (nSPS) is 22.0. The average Bonchev–Trinajstić information content (AvgIpc) is 3.28. The molecule has 2 N–H and O–H groups in total. The van der Waals surface area contributed by atoms with Gasteiger partial charge in [0.25, 0.3) is 0 Å². The summed E-state index contributed by atoms with van der Waals surface area (Å²) in [5, 5.41) is 9.22. The molecule has 27 heavy (non-hydrogen) atoms. The second kappa shape index (κ2) is 6.40. The van der Waals surface area contributed by atoms with Crippen LogP contribution in [0, 0.1) is 11.3 Å². The Morgan fingerprint density at radius 2 is 2.04 bits per heavy atom. The van der Waals surface area contributed by atoms with Gasteiger partial charge in [0.1, 0.15) is 0 Å². The number of imidazole rings is 1. The Hall–Kier alpha value is -2.84. The van der Waals surface area contributed by atoms with Gasteiger partial charge in [0, 0.05) is 19.1 Å². The van der Waals surface area contributed by atoms with Crippen molar-refractivity contribution in [3.63, 3.8) is 0 Å². The van der Waals surface area contributed by atoms with Gasteiger partial charge in [0.05, 0.1) is 28.7 Å². The number of fused-ring (bicyclic) bond motifs is 2. The Kier molecular flexibility index (Phi) is 3.87. The molecule has 3 aromatic rings. The van der Waals surface area contributed by atoms with Gasteiger partial charge in [-0.05, 0) is 61.1 Å². The Labute approximate surface area is 159 Å². The lowest BCUT2D eigenvalue weighted by Crippen LogP contribution is -2.44. The van der Waals surface area contributed by atoms with Crippen LogP contribution in [0.5, 0.6) is 0 Å². The van der Waals surface area contributed by atoms with Gasteiger partial charge < -0.3 is 15.2 Å². The molecule has 0 radical (unpaired) electrons. The molecule has 2 atom stereocenters. The van der Waals surface area contributed by atoms with Crippen molar-refractivity contribution in [2.45, 2.75) is 37.8 Å². The molecule has 1 aliphatic carbocycles. The van der Waals surface area contributed by atoms with Crippen molar-refractivity contribution in [1.29, 1.82) is 5.26 Å². The number of hydrogen-bond acceptors (Lipinski definition) is 4. The van der Waals surface area contributed by atoms with Crippen LogP contribution < -0.4 is 10.6 Å². The molecule has 1 saturated heterocycles. The van der Waals surface area contributed by atoms with E-state index in [4.69, 9.17) is 10.7 Å². The fraction of sp³-hybridized carbons (Fsp3) is 0.364. The van der Waals surface area contributed by atoms with E-state index in [1.165, 1.54) is 16.6 Å². The number of piperidine rings is 1. The van der Waals surface area contributed by atoms with Crippen LogP contribution in [0.1, 0.15) is 42.0 Å². The number of rotatable bonds is 2. The lowest BCUT2D eigenvalue weighted by molar-refractivity contribution is 0.486. The fourth-order valence-corrected chi connectivity index (χ4v) is 4.69. The molecule has 5 nitrogen and oxygen atoms in total. The highest BCUT2D eigenvalue weighted by Crippen LogP contribution is 2.40. The van der Waals surface area contributed by atoms with E-state index < -0.39 is 0 Å². The van der Waals surface area contributed by atoms with Crippen molar-refractivity contribution in [2.75, 3.05) is 18.0 Å². The maximum Gasteiger partial charge on any atom is 0.207 e. The summed E-state index contributed by atoms with van der Waals surface area (Å²) >= 11 is 0. The third-order valence-corrected chi connectivity index (χ3v) is 5.95. The van der Waals surface area contributed by atoms with Crippen molar-refractivity contribution < 1.29 is 0 Å². The number of anilines is 1. The molecule has 1 unspecified atom stereocenters. The summed E-state index contributed by atoms with van der Waals surface area (Å²) in [5.41, 5.74) is 11.8. The van der Waals surface area contributed by atoms with Crippen molar-refractivity contribution in [3.8, 4) is 6.07 Å². The fourth-order valence-electron chi connectivity index (χ4n) is 4.69. The van der Waals surface area contributed by atoms with E-state index in [-0.39, 0.29) is 12.1 Å². The smallest absolute Gasteiger partial charge is 0.207 e. The zero-order valence-electron chi connectivity index (χ0n) is 15.3. The third-order valence-electron chi connectivity index (χ3n) is 5.95. The van der Waals surface area contributed by atoms with Gasteiger partial charge in [0.15, 0.2) is 0 Å². The molecule has 1 aromatic heterocycles. The number of benzene rings is 2. The average molecular weight is 357 g/mol. The molecule has 1 fully saturated rings. The number of aromatic nitrogens is 2. The minimum Gasteiger partial charge on any atom is -0.341 e. The van der Waals surface area contributed by atoms with Gasteiger partial charge in [-0.1, -0.05) is 18.2 Å². The Morgan fingerprint density at radius 1 is 1.15 bits per heavy atom. The van der Waals surface area contributed by atoms with Crippen LogP contribution in [-0.2, 0) is 6.42 Å². The van der Waals surface area contributed by atoms with E-state index in [1.807, 2.05) is 18.2 Å². The molecule has 1 aliphatic heterocycles. The monoisotopic (exact) mass is 357 g/mol. The Balaban J connectivity index is 1.65. The first kappa shape index (κ1) is 16.3. The maximum absolute atomic E-state index is 9.22. The second-order valence-electron chi connectivity index (χ2n) is 7.70. The van der Waals surface area contributed by atoms with Gasteiger partial charge in [-0.25, -0.2) is 4.98 Å². The van der Waals surface area contributed by atoms with E-state index in [0.29, 0.717) is 0 Å². The van der Waals surface area contributed by atoms with Crippen LogP contribution in [0.4, 0.5) is 5.95 Å². The molecule has 0 amide bonds. The SMILES string of the molecule is N#Cc1ccc2c(c1)CC[C@H]2n1c(N2CCCC(N)C2)nc2ccccc21. The minimum absolute atomic E-state index is 0.209. The van der Waals surface area contributed by atoms with Gasteiger partial charge in [0.2, 0.25) is 5.95 Å². The number of nitriles is 1. The predicted octanol–water partition coefficient (Wildman–Crippen LogP) is 3.37. The summed E-state index contributed by atoms with van der Waals surface area (Å²) in [5.74, 6) is 1.04. The highest BCUT2D eigenvalue weighted by Gasteiger charge is 2.30. The molecule has 0 spiro atoms. The van der Waals surface area contributed by atoms with Gasteiger partial charge in [-0.15, -0.1) is 0 Å². The molecular formula is C22H23N5. The van der Waals surface area contributed by atoms with Crippen LogP contribution in [0.15, 0.2) is 42.5 Å². The van der Waals surface area contributed by atoms with Crippen molar-refractivity contribution in [2.24, 2.45) is 5.73 Å². The summed E-state index contributed by atoms with van der Waals surface area (Å²) in [6, 6.07) is 17.2. The third kappa shape index (κ3) is 2.68. The zero-order chi connectivity index (χ0) is 18.4. The second-order valence-corrected chi connectivity index (χ2v) is 7.70. The number of nitrogens with zero attached hydrogens (tertiary/aromatic N) is 4. The summed E-state index contributed by atoms with van der Waals surface area (Å²) in [6.07, 6.45) is 4.23. The lowest BCUT2D eigenvalue weighted by Gasteiger charge is -2.33. The van der Waals surface area contributed by atoms with Crippen molar-refractivity contribution in [3.05, 3.63) is 59.2 Å². The van der Waals surface area contributed by atoms with Crippen LogP contribution >= 0.6 is 0 Å². The molecule has 2 heterocycles. The van der Waals surface area contributed by atoms with Crippen LogP contribution in [0.2, 0.25) is 0 Å². The van der Waals surface area contributed by atoms with Crippen LogP contribution in [-0.4, -0.2) is 28.7 Å². The van der Waals surface area contributed by atoms with Gasteiger partial charge in [-0.3, -0.25) is 0 Å². The predicted molar refractivity (Wildman–Crippen MR) is 107 cm³/mol. The standard InChI is InChI=1S/C22H23N5/c23-13-15-7-9-18-16(12-15)8-10-20(18)27-21-6-2-1-5-19(21)25-22(27)26-11-3-4-17(24)14-26/h1-2,5-7,9,12,17,20H,3-4,8,10-11,14,24H2/t17?,20-/m1/s1. The van der Waals surface area contributed by atoms with Crippen LogP contribution in [0.3, 0.4) is 0 Å². The Bertz CT molecular complexity index is 1040. The minimum atomic E-state index is 0.209. The largest absolute Gasteiger partial charge is 0.341 e. The van der Waals surface area contributed by atoms with Crippen LogP contribution in [0.25, 0.3) is 11.0 Å². The number of nitrogens with two attached hydrogens (primary N) is 1. The van der Waals surface area contributed by atoms with Crippen molar-refractivity contribution >= 4 is 17.0 Å². The van der Waals surface area contributed by atoms with E-state index in [2.05, 4.69) is 39.8 Å². The molecular weight excluding hydrogens is 334 g/mol. The maximum atomic E-state index is 9.22. The molecule has 0 bridgehead atoms. The quantitative estimate of drug-likeness (QED) is 0.763. The summed E-state index contributed by atoms with van der Waals surface area (Å²) < 4.78 is 2.41. The van der Waals surface area contributed by atoms with E-state index in [0.717, 1.165) is 55.8 Å². The van der Waals surface area contributed by atoms with Crippen molar-refractivity contribution in [1.82, 2.24) is 9.55 Å². The highest BCUT2D eigenvalue weighted by molar-refractivity contribution is 5.79. The van der Waals surface area contributed by atoms with Gasteiger partial charge in [-0.2, -0.15) is 5.26 Å². The molecule has 0 saturated carbocycles. The highest BCUT2D eigenvalue weighted by atomic mass is 15.3.